The van der Waals surface area contributed by atoms with Crippen LogP contribution in [0.15, 0.2) is 158 Å². The van der Waals surface area contributed by atoms with Crippen molar-refractivity contribution in [3.05, 3.63) is 158 Å². The summed E-state index contributed by atoms with van der Waals surface area (Å²) < 4.78 is 8.94. The molecule has 10 rings (SSSR count). The van der Waals surface area contributed by atoms with Crippen LogP contribution in [0.25, 0.3) is 77.0 Å². The van der Waals surface area contributed by atoms with Gasteiger partial charge in [-0.3, -0.25) is 0 Å². The summed E-state index contributed by atoms with van der Waals surface area (Å²) in [5.74, 6) is 0. The summed E-state index contributed by atoms with van der Waals surface area (Å²) in [5.41, 5.74) is 6.37. The van der Waals surface area contributed by atoms with E-state index in [1.54, 1.807) is 0 Å². The second kappa shape index (κ2) is 12.5. The third kappa shape index (κ3) is 5.35. The van der Waals surface area contributed by atoms with E-state index in [0.717, 1.165) is 41.5 Å². The van der Waals surface area contributed by atoms with Crippen molar-refractivity contribution in [2.75, 3.05) is 13.2 Å². The second-order valence-electron chi connectivity index (χ2n) is 12.5. The SMILES string of the molecule is C1CCOC1.c1ccc2c(-c3ccn(-c4ccc(-n5nccc5-c5c6ccccc6cc6ccccc56)cc4)n3)c3ccccc3cc2c1. The summed E-state index contributed by atoms with van der Waals surface area (Å²) in [7, 11) is 0. The van der Waals surface area contributed by atoms with E-state index in [2.05, 4.69) is 146 Å². The predicted octanol–water partition coefficient (Wildman–Crippen LogP) is 10.8. The zero-order chi connectivity index (χ0) is 32.6. The van der Waals surface area contributed by atoms with E-state index in [0.29, 0.717) is 0 Å². The van der Waals surface area contributed by atoms with Crippen LogP contribution in [0.2, 0.25) is 0 Å². The molecule has 7 aromatic carbocycles. The Morgan fingerprint density at radius 2 is 0.980 bits per heavy atom. The minimum atomic E-state index is 0.958. The van der Waals surface area contributed by atoms with Gasteiger partial charge >= 0.3 is 0 Å². The Kier molecular flexibility index (Phi) is 7.45. The van der Waals surface area contributed by atoms with Crippen molar-refractivity contribution in [3.63, 3.8) is 0 Å². The molecule has 5 heteroatoms. The van der Waals surface area contributed by atoms with Crippen LogP contribution in [0.3, 0.4) is 0 Å². The van der Waals surface area contributed by atoms with Crippen molar-refractivity contribution in [3.8, 4) is 33.9 Å². The fraction of sp³-hybridized carbons (Fsp3) is 0.0909. The normalized spacial score (nSPS) is 12.9. The third-order valence-electron chi connectivity index (χ3n) is 9.47. The molecule has 49 heavy (non-hydrogen) atoms. The lowest BCUT2D eigenvalue weighted by molar-refractivity contribution is 0.198. The highest BCUT2D eigenvalue weighted by Crippen LogP contribution is 2.38. The minimum absolute atomic E-state index is 0.958. The topological polar surface area (TPSA) is 44.9 Å². The number of ether oxygens (including phenoxy) is 1. The first-order valence-electron chi connectivity index (χ1n) is 16.9. The highest BCUT2D eigenvalue weighted by molar-refractivity contribution is 6.13. The lowest BCUT2D eigenvalue weighted by Crippen LogP contribution is -2.01. The Bertz CT molecular complexity index is 2480. The molecule has 2 aromatic heterocycles. The first-order valence-corrected chi connectivity index (χ1v) is 16.9. The summed E-state index contributed by atoms with van der Waals surface area (Å²) >= 11 is 0. The van der Waals surface area contributed by atoms with Gasteiger partial charge in [0.15, 0.2) is 0 Å². The Labute approximate surface area is 284 Å². The van der Waals surface area contributed by atoms with Crippen LogP contribution in [0.5, 0.6) is 0 Å². The first-order chi connectivity index (χ1) is 24.3. The maximum atomic E-state index is 5.07. The van der Waals surface area contributed by atoms with Crippen molar-refractivity contribution in [1.82, 2.24) is 19.6 Å². The van der Waals surface area contributed by atoms with E-state index >= 15 is 0 Å². The number of hydrogen-bond donors (Lipinski definition) is 0. The number of benzene rings is 7. The van der Waals surface area contributed by atoms with Gasteiger partial charge in [0.2, 0.25) is 0 Å². The van der Waals surface area contributed by atoms with Crippen LogP contribution in [0.1, 0.15) is 12.8 Å². The number of aromatic nitrogens is 4. The number of nitrogens with zero attached hydrogens (tertiary/aromatic N) is 4. The zero-order valence-corrected chi connectivity index (χ0v) is 27.0. The third-order valence-corrected chi connectivity index (χ3v) is 9.47. The van der Waals surface area contributed by atoms with Crippen LogP contribution in [-0.4, -0.2) is 32.8 Å². The Hall–Kier alpha value is -6.04. The molecule has 0 amide bonds. The molecule has 0 N–H and O–H groups in total. The second-order valence-corrected chi connectivity index (χ2v) is 12.5. The van der Waals surface area contributed by atoms with Crippen LogP contribution in [0.4, 0.5) is 0 Å². The maximum Gasteiger partial charge on any atom is 0.0940 e. The molecule has 9 aromatic rings. The monoisotopic (exact) mass is 634 g/mol. The lowest BCUT2D eigenvalue weighted by atomic mass is 9.95. The molecule has 1 fully saturated rings. The van der Waals surface area contributed by atoms with E-state index in [4.69, 9.17) is 14.9 Å². The molecule has 5 nitrogen and oxygen atoms in total. The molecule has 1 saturated heterocycles. The fourth-order valence-electron chi connectivity index (χ4n) is 7.14. The molecule has 0 atom stereocenters. The van der Waals surface area contributed by atoms with Gasteiger partial charge < -0.3 is 4.74 Å². The molecule has 0 radical (unpaired) electrons. The molecule has 1 aliphatic heterocycles. The van der Waals surface area contributed by atoms with Gasteiger partial charge in [0.05, 0.1) is 29.0 Å². The summed E-state index contributed by atoms with van der Waals surface area (Å²) in [5, 5.41) is 19.6. The summed E-state index contributed by atoms with van der Waals surface area (Å²) in [4.78, 5) is 0. The molecule has 0 unspecified atom stereocenters. The molecule has 0 bridgehead atoms. The van der Waals surface area contributed by atoms with E-state index in [1.807, 2.05) is 21.8 Å². The summed E-state index contributed by atoms with van der Waals surface area (Å²) in [6, 6.07) is 51.5. The fourth-order valence-corrected chi connectivity index (χ4v) is 7.14. The average molecular weight is 635 g/mol. The Morgan fingerprint density at radius 1 is 0.490 bits per heavy atom. The van der Waals surface area contributed by atoms with Crippen molar-refractivity contribution in [2.24, 2.45) is 0 Å². The highest BCUT2D eigenvalue weighted by Gasteiger charge is 2.16. The Morgan fingerprint density at radius 3 is 1.49 bits per heavy atom. The van der Waals surface area contributed by atoms with Gasteiger partial charge in [0.25, 0.3) is 0 Å². The smallest absolute Gasteiger partial charge is 0.0940 e. The van der Waals surface area contributed by atoms with Gasteiger partial charge in [-0.15, -0.1) is 0 Å². The number of hydrogen-bond acceptors (Lipinski definition) is 3. The van der Waals surface area contributed by atoms with Gasteiger partial charge in [0, 0.05) is 30.5 Å². The average Bonchev–Trinajstić information content (AvgIpc) is 3.98. The van der Waals surface area contributed by atoms with E-state index in [1.165, 1.54) is 61.5 Å². The van der Waals surface area contributed by atoms with Crippen LogP contribution < -0.4 is 0 Å². The molecule has 0 aliphatic carbocycles. The lowest BCUT2D eigenvalue weighted by Gasteiger charge is -2.14. The molecule has 1 aliphatic rings. The van der Waals surface area contributed by atoms with Gasteiger partial charge in [-0.05, 0) is 104 Å². The van der Waals surface area contributed by atoms with Crippen LogP contribution in [0, 0.1) is 0 Å². The van der Waals surface area contributed by atoms with Crippen molar-refractivity contribution < 1.29 is 4.74 Å². The summed E-state index contributed by atoms with van der Waals surface area (Å²) in [6.07, 6.45) is 6.48. The molecule has 3 heterocycles. The van der Waals surface area contributed by atoms with E-state index in [-0.39, 0.29) is 0 Å². The summed E-state index contributed by atoms with van der Waals surface area (Å²) in [6.45, 7) is 2.00. The predicted molar refractivity (Wildman–Crippen MR) is 202 cm³/mol. The molecule has 0 spiro atoms. The van der Waals surface area contributed by atoms with E-state index in [9.17, 15) is 0 Å². The van der Waals surface area contributed by atoms with Crippen molar-refractivity contribution in [2.45, 2.75) is 12.8 Å². The first kappa shape index (κ1) is 29.1. The van der Waals surface area contributed by atoms with Gasteiger partial charge in [-0.1, -0.05) is 97.1 Å². The van der Waals surface area contributed by atoms with Gasteiger partial charge in [-0.25, -0.2) is 9.36 Å². The van der Waals surface area contributed by atoms with Gasteiger partial charge in [0.1, 0.15) is 0 Å². The highest BCUT2D eigenvalue weighted by atomic mass is 16.5. The minimum Gasteiger partial charge on any atom is -0.381 e. The molecule has 0 saturated carbocycles. The number of fused-ring (bicyclic) bond motifs is 4. The molecule has 236 valence electrons. The molecular weight excluding hydrogens is 601 g/mol. The molecular formula is C44H34N4O. The quantitative estimate of drug-likeness (QED) is 0.181. The Balaban J connectivity index is 0.000000599. The van der Waals surface area contributed by atoms with Crippen molar-refractivity contribution >= 4 is 43.1 Å². The standard InChI is InChI=1S/C40H26N4.C4H8O/c1-5-13-33-27(9-1)25-28-10-2-6-14-34(28)39(33)37-22-24-43(42-37)31-17-19-32(20-18-31)44-38(21-23-41-44)40-35-15-7-3-11-29(35)26-30-12-4-8-16-36(30)40;1-2-4-5-3-1/h1-26H;1-4H2. The largest absolute Gasteiger partial charge is 0.381 e. The maximum absolute atomic E-state index is 5.07. The van der Waals surface area contributed by atoms with Crippen LogP contribution in [-0.2, 0) is 4.74 Å². The van der Waals surface area contributed by atoms with Gasteiger partial charge in [-0.2, -0.15) is 10.2 Å². The zero-order valence-electron chi connectivity index (χ0n) is 27.0. The van der Waals surface area contributed by atoms with E-state index < -0.39 is 0 Å². The van der Waals surface area contributed by atoms with Crippen molar-refractivity contribution in [1.29, 1.82) is 0 Å². The van der Waals surface area contributed by atoms with Crippen LogP contribution >= 0.6 is 0 Å². The number of rotatable bonds is 4.